The van der Waals surface area contributed by atoms with Crippen LogP contribution in [0.15, 0.2) is 72.8 Å². The molecule has 0 unspecified atom stereocenters. The summed E-state index contributed by atoms with van der Waals surface area (Å²) in [5.41, 5.74) is 5.44. The molecule has 140 valence electrons. The van der Waals surface area contributed by atoms with Gasteiger partial charge in [0.25, 0.3) is 5.91 Å². The number of imidazole rings is 1. The molecule has 5 heteroatoms. The van der Waals surface area contributed by atoms with E-state index in [0.29, 0.717) is 12.2 Å². The number of para-hydroxylation sites is 2. The number of hydrogen-bond donors (Lipinski definition) is 1. The molecule has 0 aliphatic heterocycles. The largest absolute Gasteiger partial charge is 0.380 e. The van der Waals surface area contributed by atoms with Gasteiger partial charge in [0.15, 0.2) is 0 Å². The molecule has 4 rings (SSSR count). The van der Waals surface area contributed by atoms with E-state index in [0.717, 1.165) is 33.7 Å². The van der Waals surface area contributed by atoms with Crippen LogP contribution in [0.3, 0.4) is 0 Å². The molecule has 0 bridgehead atoms. The van der Waals surface area contributed by atoms with Crippen molar-refractivity contribution in [2.75, 3.05) is 12.4 Å². The third-order valence-electron chi connectivity index (χ3n) is 4.72. The zero-order valence-electron chi connectivity index (χ0n) is 15.8. The second kappa shape index (κ2) is 7.66. The first-order valence-electron chi connectivity index (χ1n) is 9.07. The molecule has 0 saturated heterocycles. The zero-order chi connectivity index (χ0) is 19.5. The van der Waals surface area contributed by atoms with Gasteiger partial charge in [-0.25, -0.2) is 4.98 Å². The summed E-state index contributed by atoms with van der Waals surface area (Å²) in [5, 5.41) is 2.93. The lowest BCUT2D eigenvalue weighted by molar-refractivity contribution is 0.102. The van der Waals surface area contributed by atoms with Gasteiger partial charge in [0.2, 0.25) is 0 Å². The average molecular weight is 371 g/mol. The van der Waals surface area contributed by atoms with Gasteiger partial charge < -0.3 is 14.6 Å². The van der Waals surface area contributed by atoms with E-state index in [1.54, 1.807) is 19.2 Å². The molecule has 0 saturated carbocycles. The van der Waals surface area contributed by atoms with E-state index in [4.69, 9.17) is 9.72 Å². The number of ether oxygens (including phenoxy) is 1. The Kier molecular flexibility index (Phi) is 4.91. The number of carbonyl (C=O) groups is 1. The van der Waals surface area contributed by atoms with Crippen LogP contribution >= 0.6 is 0 Å². The van der Waals surface area contributed by atoms with E-state index >= 15 is 0 Å². The van der Waals surface area contributed by atoms with Gasteiger partial charge in [-0.05, 0) is 54.1 Å². The Morgan fingerprint density at radius 1 is 1.00 bits per heavy atom. The molecular formula is C23H21N3O2. The minimum Gasteiger partial charge on any atom is -0.380 e. The standard InChI is InChI=1S/C23H21N3O2/c1-26-21-6-4-3-5-20(21)25-22(26)17-11-13-19(14-12-17)24-23(27)18-9-7-16(8-10-18)15-28-2/h3-14H,15H2,1-2H3,(H,24,27). The molecule has 5 nitrogen and oxygen atoms in total. The number of fused-ring (bicyclic) bond motifs is 1. The number of nitrogens with zero attached hydrogens (tertiary/aromatic N) is 2. The highest BCUT2D eigenvalue weighted by atomic mass is 16.5. The topological polar surface area (TPSA) is 56.1 Å². The Balaban J connectivity index is 1.51. The summed E-state index contributed by atoms with van der Waals surface area (Å²) in [6, 6.07) is 23.2. The molecule has 0 fully saturated rings. The number of methoxy groups -OCH3 is 1. The van der Waals surface area contributed by atoms with E-state index in [1.165, 1.54) is 0 Å². The Hall–Kier alpha value is -3.44. The Morgan fingerprint density at radius 3 is 2.39 bits per heavy atom. The summed E-state index contributed by atoms with van der Waals surface area (Å²) in [5.74, 6) is 0.757. The third-order valence-corrected chi connectivity index (χ3v) is 4.72. The molecule has 1 amide bonds. The molecule has 0 aliphatic rings. The molecule has 28 heavy (non-hydrogen) atoms. The van der Waals surface area contributed by atoms with Gasteiger partial charge >= 0.3 is 0 Å². The van der Waals surface area contributed by atoms with Crippen molar-refractivity contribution in [3.8, 4) is 11.4 Å². The van der Waals surface area contributed by atoms with Crippen LogP contribution in [-0.4, -0.2) is 22.6 Å². The number of benzene rings is 3. The summed E-state index contributed by atoms with van der Waals surface area (Å²) in [6.45, 7) is 0.533. The van der Waals surface area contributed by atoms with Crippen LogP contribution in [0.1, 0.15) is 15.9 Å². The van der Waals surface area contributed by atoms with E-state index in [2.05, 4.69) is 16.0 Å². The lowest BCUT2D eigenvalue weighted by Gasteiger charge is -2.08. The predicted molar refractivity (Wildman–Crippen MR) is 111 cm³/mol. The Labute approximate surface area is 163 Å². The molecule has 1 N–H and O–H groups in total. The van der Waals surface area contributed by atoms with Gasteiger partial charge in [-0.15, -0.1) is 0 Å². The fourth-order valence-electron chi connectivity index (χ4n) is 3.23. The summed E-state index contributed by atoms with van der Waals surface area (Å²) < 4.78 is 7.17. The minimum absolute atomic E-state index is 0.139. The number of rotatable bonds is 5. The quantitative estimate of drug-likeness (QED) is 0.556. The zero-order valence-corrected chi connectivity index (χ0v) is 15.8. The van der Waals surface area contributed by atoms with E-state index in [-0.39, 0.29) is 5.91 Å². The smallest absolute Gasteiger partial charge is 0.255 e. The van der Waals surface area contributed by atoms with Crippen LogP contribution in [0.4, 0.5) is 5.69 Å². The van der Waals surface area contributed by atoms with Crippen molar-refractivity contribution in [1.82, 2.24) is 9.55 Å². The van der Waals surface area contributed by atoms with Crippen LogP contribution in [0.5, 0.6) is 0 Å². The van der Waals surface area contributed by atoms with Crippen molar-refractivity contribution in [2.45, 2.75) is 6.61 Å². The van der Waals surface area contributed by atoms with Gasteiger partial charge in [0.05, 0.1) is 17.6 Å². The molecule has 0 spiro atoms. The van der Waals surface area contributed by atoms with Crippen molar-refractivity contribution in [3.63, 3.8) is 0 Å². The van der Waals surface area contributed by atoms with Gasteiger partial charge in [-0.3, -0.25) is 4.79 Å². The monoisotopic (exact) mass is 371 g/mol. The summed E-state index contributed by atoms with van der Waals surface area (Å²) in [4.78, 5) is 17.2. The number of nitrogens with one attached hydrogen (secondary N) is 1. The van der Waals surface area contributed by atoms with Crippen LogP contribution < -0.4 is 5.32 Å². The first-order valence-corrected chi connectivity index (χ1v) is 9.07. The number of anilines is 1. The number of amides is 1. The fraction of sp³-hybridized carbons (Fsp3) is 0.130. The van der Waals surface area contributed by atoms with Crippen LogP contribution in [0.25, 0.3) is 22.4 Å². The number of aromatic nitrogens is 2. The SMILES string of the molecule is COCc1ccc(C(=O)Nc2ccc(-c3nc4ccccc4n3C)cc2)cc1. The maximum absolute atomic E-state index is 12.5. The van der Waals surface area contributed by atoms with Crippen LogP contribution in [0, 0.1) is 0 Å². The maximum Gasteiger partial charge on any atom is 0.255 e. The molecule has 0 aliphatic carbocycles. The Bertz CT molecular complexity index is 1110. The molecule has 0 atom stereocenters. The molecule has 0 radical (unpaired) electrons. The first kappa shape index (κ1) is 17.9. The van der Waals surface area contributed by atoms with Gasteiger partial charge in [0.1, 0.15) is 5.82 Å². The van der Waals surface area contributed by atoms with Crippen molar-refractivity contribution in [1.29, 1.82) is 0 Å². The van der Waals surface area contributed by atoms with Crippen LogP contribution in [0.2, 0.25) is 0 Å². The third kappa shape index (κ3) is 3.52. The van der Waals surface area contributed by atoms with Crippen molar-refractivity contribution < 1.29 is 9.53 Å². The van der Waals surface area contributed by atoms with Gasteiger partial charge in [-0.2, -0.15) is 0 Å². The molecule has 1 heterocycles. The summed E-state index contributed by atoms with van der Waals surface area (Å²) in [7, 11) is 3.66. The van der Waals surface area contributed by atoms with Gasteiger partial charge in [-0.1, -0.05) is 24.3 Å². The summed E-state index contributed by atoms with van der Waals surface area (Å²) >= 11 is 0. The van der Waals surface area contributed by atoms with E-state index in [1.807, 2.05) is 61.6 Å². The van der Waals surface area contributed by atoms with E-state index < -0.39 is 0 Å². The molecule has 1 aromatic heterocycles. The first-order chi connectivity index (χ1) is 13.7. The van der Waals surface area contributed by atoms with Crippen LogP contribution in [-0.2, 0) is 18.4 Å². The lowest BCUT2D eigenvalue weighted by Crippen LogP contribution is -2.11. The lowest BCUT2D eigenvalue weighted by atomic mass is 10.1. The maximum atomic E-state index is 12.5. The number of carbonyl (C=O) groups excluding carboxylic acids is 1. The van der Waals surface area contributed by atoms with Crippen molar-refractivity contribution in [2.24, 2.45) is 7.05 Å². The highest BCUT2D eigenvalue weighted by molar-refractivity contribution is 6.04. The average Bonchev–Trinajstić information content (AvgIpc) is 3.06. The van der Waals surface area contributed by atoms with Gasteiger partial charge in [0, 0.05) is 31.0 Å². The normalized spacial score (nSPS) is 10.9. The fourth-order valence-corrected chi connectivity index (χ4v) is 3.23. The predicted octanol–water partition coefficient (Wildman–Crippen LogP) is 4.64. The molecular weight excluding hydrogens is 350 g/mol. The van der Waals surface area contributed by atoms with E-state index in [9.17, 15) is 4.79 Å². The highest BCUT2D eigenvalue weighted by Crippen LogP contribution is 2.25. The molecule has 3 aromatic carbocycles. The minimum atomic E-state index is -0.139. The van der Waals surface area contributed by atoms with Crippen molar-refractivity contribution >= 4 is 22.6 Å². The highest BCUT2D eigenvalue weighted by Gasteiger charge is 2.10. The number of aryl methyl sites for hydroxylation is 1. The van der Waals surface area contributed by atoms with Crippen molar-refractivity contribution in [3.05, 3.63) is 83.9 Å². The Morgan fingerprint density at radius 2 is 1.71 bits per heavy atom. The second-order valence-corrected chi connectivity index (χ2v) is 6.64. The summed E-state index contributed by atoms with van der Waals surface area (Å²) in [6.07, 6.45) is 0. The molecule has 4 aromatic rings. The second-order valence-electron chi connectivity index (χ2n) is 6.64. The number of hydrogen-bond acceptors (Lipinski definition) is 3.